The predicted octanol–water partition coefficient (Wildman–Crippen LogP) is 1.96. The molecule has 1 aromatic carbocycles. The van der Waals surface area contributed by atoms with Crippen LogP contribution in [0, 0.1) is 0 Å². The number of nitrogens with zero attached hydrogens (tertiary/aromatic N) is 1. The number of likely N-dealkylation sites (N-methyl/N-ethyl adjacent to an activating group) is 1. The first-order chi connectivity index (χ1) is 11.2. The molecule has 2 N–H and O–H groups in total. The molecule has 1 aromatic rings. The Morgan fingerprint density at radius 3 is 2.62 bits per heavy atom. The van der Waals surface area contributed by atoms with Crippen LogP contribution in [0.25, 0.3) is 0 Å². The Morgan fingerprint density at radius 1 is 1.46 bits per heavy atom. The molecule has 24 heavy (non-hydrogen) atoms. The van der Waals surface area contributed by atoms with Crippen molar-refractivity contribution in [1.82, 2.24) is 10.2 Å². The number of alkyl halides is 2. The monoisotopic (exact) mass is 342 g/mol. The summed E-state index contributed by atoms with van der Waals surface area (Å²) in [7, 11) is 5.15. The first-order valence-electron chi connectivity index (χ1n) is 7.90. The molecular weight excluding hydrogens is 318 g/mol. The number of aliphatic hydroxyl groups is 1. The van der Waals surface area contributed by atoms with Crippen LogP contribution in [0.4, 0.5) is 8.78 Å². The quantitative estimate of drug-likeness (QED) is 0.795. The highest BCUT2D eigenvalue weighted by atomic mass is 19.3. The van der Waals surface area contributed by atoms with Crippen LogP contribution in [0.3, 0.4) is 0 Å². The van der Waals surface area contributed by atoms with Crippen molar-refractivity contribution in [2.75, 3.05) is 27.7 Å². The second-order valence-electron chi connectivity index (χ2n) is 6.43. The Morgan fingerprint density at radius 2 is 2.12 bits per heavy atom. The summed E-state index contributed by atoms with van der Waals surface area (Å²) in [5, 5.41) is 12.1. The average molecular weight is 342 g/mol. The summed E-state index contributed by atoms with van der Waals surface area (Å²) in [5.41, 5.74) is -1.37. The molecule has 1 amide bonds. The van der Waals surface area contributed by atoms with Gasteiger partial charge in [0.1, 0.15) is 11.4 Å². The van der Waals surface area contributed by atoms with E-state index in [9.17, 15) is 18.7 Å². The van der Waals surface area contributed by atoms with E-state index in [-0.39, 0.29) is 25.4 Å². The van der Waals surface area contributed by atoms with Crippen molar-refractivity contribution in [3.63, 3.8) is 0 Å². The van der Waals surface area contributed by atoms with Gasteiger partial charge in [0.25, 0.3) is 5.91 Å². The molecular formula is C17H24F2N2O3. The molecule has 5 nitrogen and oxygen atoms in total. The predicted molar refractivity (Wildman–Crippen MR) is 86.2 cm³/mol. The molecule has 1 fully saturated rings. The van der Waals surface area contributed by atoms with Crippen molar-refractivity contribution in [3.8, 4) is 5.75 Å². The minimum absolute atomic E-state index is 0.00463. The van der Waals surface area contributed by atoms with Crippen LogP contribution in [-0.4, -0.2) is 55.2 Å². The van der Waals surface area contributed by atoms with Gasteiger partial charge in [-0.1, -0.05) is 12.1 Å². The molecule has 1 aliphatic carbocycles. The van der Waals surface area contributed by atoms with E-state index in [2.05, 4.69) is 5.32 Å². The van der Waals surface area contributed by atoms with Crippen LogP contribution >= 0.6 is 0 Å². The standard InChI is InChI=1S/C17H24F2N2O3/c1-21(2)14(12-6-4-7-13(10-12)24-3)11-20-15(22)17(18,19)16(23)8-5-9-16/h4,6-7,10,14,23H,5,8-9,11H2,1-3H3,(H,20,22). The fourth-order valence-electron chi connectivity index (χ4n) is 2.78. The highest BCUT2D eigenvalue weighted by Gasteiger charge is 2.61. The summed E-state index contributed by atoms with van der Waals surface area (Å²) >= 11 is 0. The molecule has 1 aliphatic rings. The van der Waals surface area contributed by atoms with Crippen molar-refractivity contribution in [2.45, 2.75) is 36.8 Å². The van der Waals surface area contributed by atoms with Crippen molar-refractivity contribution in [2.24, 2.45) is 0 Å². The number of carbonyl (C=O) groups excluding carboxylic acids is 1. The Hall–Kier alpha value is -1.73. The maximum atomic E-state index is 14.1. The van der Waals surface area contributed by atoms with Crippen molar-refractivity contribution in [3.05, 3.63) is 29.8 Å². The van der Waals surface area contributed by atoms with Gasteiger partial charge in [0.2, 0.25) is 0 Å². The van der Waals surface area contributed by atoms with Crippen LogP contribution < -0.4 is 10.1 Å². The van der Waals surface area contributed by atoms with Gasteiger partial charge in [0.05, 0.1) is 13.2 Å². The largest absolute Gasteiger partial charge is 0.497 e. The molecule has 1 unspecified atom stereocenters. The summed E-state index contributed by atoms with van der Waals surface area (Å²) in [6.07, 6.45) is 0.393. The van der Waals surface area contributed by atoms with Gasteiger partial charge in [-0.25, -0.2) is 0 Å². The van der Waals surface area contributed by atoms with E-state index in [1.165, 1.54) is 0 Å². The van der Waals surface area contributed by atoms with Gasteiger partial charge < -0.3 is 20.1 Å². The number of nitrogens with one attached hydrogen (secondary N) is 1. The molecule has 0 spiro atoms. The molecule has 1 atom stereocenters. The van der Waals surface area contributed by atoms with E-state index in [1.807, 2.05) is 11.0 Å². The lowest BCUT2D eigenvalue weighted by molar-refractivity contribution is -0.216. The van der Waals surface area contributed by atoms with Gasteiger partial charge in [-0.3, -0.25) is 4.79 Å². The molecule has 134 valence electrons. The minimum atomic E-state index is -3.78. The van der Waals surface area contributed by atoms with E-state index in [0.717, 1.165) is 5.56 Å². The number of rotatable bonds is 7. The Kier molecular flexibility index (Phi) is 5.45. The van der Waals surface area contributed by atoms with E-state index in [4.69, 9.17) is 4.74 Å². The van der Waals surface area contributed by atoms with Gasteiger partial charge in [0, 0.05) is 6.54 Å². The molecule has 0 aliphatic heterocycles. The number of hydrogen-bond donors (Lipinski definition) is 2. The molecule has 0 radical (unpaired) electrons. The fourth-order valence-corrected chi connectivity index (χ4v) is 2.78. The summed E-state index contributed by atoms with van der Waals surface area (Å²) in [6, 6.07) is 6.94. The van der Waals surface area contributed by atoms with E-state index >= 15 is 0 Å². The van der Waals surface area contributed by atoms with Crippen LogP contribution in [0.5, 0.6) is 5.75 Å². The molecule has 1 saturated carbocycles. The van der Waals surface area contributed by atoms with Gasteiger partial charge in [-0.05, 0) is 51.1 Å². The number of amides is 1. The van der Waals surface area contributed by atoms with Gasteiger partial charge in [-0.2, -0.15) is 8.78 Å². The number of halogens is 2. The topological polar surface area (TPSA) is 61.8 Å². The molecule has 0 heterocycles. The fraction of sp³-hybridized carbons (Fsp3) is 0.588. The van der Waals surface area contributed by atoms with Crippen LogP contribution in [0.2, 0.25) is 0 Å². The summed E-state index contributed by atoms with van der Waals surface area (Å²) in [6.45, 7) is 0.00463. The van der Waals surface area contributed by atoms with Crippen LogP contribution in [-0.2, 0) is 4.79 Å². The second kappa shape index (κ2) is 7.03. The number of carbonyl (C=O) groups is 1. The smallest absolute Gasteiger partial charge is 0.352 e. The molecule has 2 rings (SSSR count). The van der Waals surface area contributed by atoms with Crippen molar-refractivity contribution >= 4 is 5.91 Å². The Balaban J connectivity index is 2.07. The van der Waals surface area contributed by atoms with E-state index < -0.39 is 17.4 Å². The number of benzene rings is 1. The highest BCUT2D eigenvalue weighted by Crippen LogP contribution is 2.44. The SMILES string of the molecule is COc1cccc(C(CNC(=O)C(F)(F)C2(O)CCC2)N(C)C)c1. The van der Waals surface area contributed by atoms with Gasteiger partial charge >= 0.3 is 5.92 Å². The maximum absolute atomic E-state index is 14.1. The third-order valence-corrected chi connectivity index (χ3v) is 4.61. The lowest BCUT2D eigenvalue weighted by Gasteiger charge is -2.41. The lowest BCUT2D eigenvalue weighted by Crippen LogP contribution is -2.61. The zero-order chi connectivity index (χ0) is 18.0. The zero-order valence-corrected chi connectivity index (χ0v) is 14.2. The van der Waals surface area contributed by atoms with E-state index in [1.54, 1.807) is 39.4 Å². The van der Waals surface area contributed by atoms with Crippen molar-refractivity contribution < 1.29 is 23.4 Å². The molecule has 0 bridgehead atoms. The van der Waals surface area contributed by atoms with Crippen LogP contribution in [0.15, 0.2) is 24.3 Å². The minimum Gasteiger partial charge on any atom is -0.497 e. The second-order valence-corrected chi connectivity index (χ2v) is 6.43. The lowest BCUT2D eigenvalue weighted by atomic mass is 9.75. The third kappa shape index (κ3) is 3.52. The number of methoxy groups -OCH3 is 1. The van der Waals surface area contributed by atoms with Crippen LogP contribution in [0.1, 0.15) is 30.9 Å². The Labute approximate surface area is 140 Å². The average Bonchev–Trinajstić information content (AvgIpc) is 2.52. The number of hydrogen-bond acceptors (Lipinski definition) is 4. The molecule has 0 aromatic heterocycles. The molecule has 0 saturated heterocycles. The van der Waals surface area contributed by atoms with E-state index in [0.29, 0.717) is 12.2 Å². The normalized spacial score (nSPS) is 18.0. The van der Waals surface area contributed by atoms with Gasteiger partial charge in [-0.15, -0.1) is 0 Å². The Bertz CT molecular complexity index is 589. The third-order valence-electron chi connectivity index (χ3n) is 4.61. The first-order valence-corrected chi connectivity index (χ1v) is 7.90. The molecule has 7 heteroatoms. The zero-order valence-electron chi connectivity index (χ0n) is 14.2. The maximum Gasteiger partial charge on any atom is 0.352 e. The summed E-state index contributed by atoms with van der Waals surface area (Å²) in [5.74, 6) is -4.56. The van der Waals surface area contributed by atoms with Crippen molar-refractivity contribution in [1.29, 1.82) is 0 Å². The highest BCUT2D eigenvalue weighted by molar-refractivity contribution is 5.85. The first kappa shape index (κ1) is 18.6. The number of ether oxygens (including phenoxy) is 1. The summed E-state index contributed by atoms with van der Waals surface area (Å²) in [4.78, 5) is 13.7. The summed E-state index contributed by atoms with van der Waals surface area (Å²) < 4.78 is 33.4. The van der Waals surface area contributed by atoms with Gasteiger partial charge in [0.15, 0.2) is 0 Å².